The van der Waals surface area contributed by atoms with Gasteiger partial charge < -0.3 is 23.7 Å². The summed E-state index contributed by atoms with van der Waals surface area (Å²) in [4.78, 5) is 17.9. The highest BCUT2D eigenvalue weighted by Crippen LogP contribution is 2.34. The van der Waals surface area contributed by atoms with Gasteiger partial charge >= 0.3 is 0 Å². The molecule has 1 aromatic carbocycles. The van der Waals surface area contributed by atoms with E-state index in [4.69, 9.17) is 14.2 Å². The third-order valence-electron chi connectivity index (χ3n) is 8.01. The Morgan fingerprint density at radius 1 is 1.03 bits per heavy atom. The second kappa shape index (κ2) is 10.6. The molecule has 0 saturated carbocycles. The topological polar surface area (TPSA) is 56.2 Å². The largest absolute Gasteiger partial charge is 0.381 e. The van der Waals surface area contributed by atoms with Gasteiger partial charge in [0.2, 0.25) is 0 Å². The van der Waals surface area contributed by atoms with Crippen LogP contribution in [0, 0.1) is 0 Å². The summed E-state index contributed by atoms with van der Waals surface area (Å²) < 4.78 is 19.6. The van der Waals surface area contributed by atoms with Crippen molar-refractivity contribution in [1.29, 1.82) is 0 Å². The molecule has 6 rings (SSSR count). The standard InChI is InChI=1S/C25H33N3O4.C3H8/c1-26-22-3-2-18(24(29)27-10-7-25(8-11-27)31-14-15-32-25)16-20(22)21-17-28(9-4-23(21)26)19-5-12-30-13-6-19;1-3-2/h2-3,16,19H,4-15,17H2,1H3;3H2,1-2H3. The first-order chi connectivity index (χ1) is 17.0. The van der Waals surface area contributed by atoms with Gasteiger partial charge in [0.15, 0.2) is 5.79 Å². The van der Waals surface area contributed by atoms with Crippen LogP contribution in [0.4, 0.5) is 0 Å². The molecule has 5 heterocycles. The fraction of sp³-hybridized carbons (Fsp3) is 0.679. The van der Waals surface area contributed by atoms with Crippen molar-refractivity contribution in [3.63, 3.8) is 0 Å². The summed E-state index contributed by atoms with van der Waals surface area (Å²) in [6, 6.07) is 6.88. The SMILES string of the molecule is CCC.Cn1c2c(c3cc(C(=O)N4CCC5(CC4)OCCO5)ccc31)CN(C1CCOCC1)CC2. The highest BCUT2D eigenvalue weighted by Gasteiger charge is 2.41. The summed E-state index contributed by atoms with van der Waals surface area (Å²) in [5.41, 5.74) is 4.84. The minimum atomic E-state index is -0.452. The van der Waals surface area contributed by atoms with E-state index >= 15 is 0 Å². The van der Waals surface area contributed by atoms with Crippen LogP contribution in [0.15, 0.2) is 18.2 Å². The van der Waals surface area contributed by atoms with Crippen LogP contribution >= 0.6 is 0 Å². The van der Waals surface area contributed by atoms with Crippen molar-refractivity contribution in [2.75, 3.05) is 46.1 Å². The number of piperidine rings is 1. The molecular formula is C28H41N3O4. The van der Waals surface area contributed by atoms with E-state index in [1.807, 2.05) is 11.0 Å². The van der Waals surface area contributed by atoms with Crippen LogP contribution in [0.1, 0.15) is 67.6 Å². The molecular weight excluding hydrogens is 442 g/mol. The molecule has 192 valence electrons. The van der Waals surface area contributed by atoms with Crippen molar-refractivity contribution < 1.29 is 19.0 Å². The summed E-state index contributed by atoms with van der Waals surface area (Å²) in [7, 11) is 2.17. The third-order valence-corrected chi connectivity index (χ3v) is 8.01. The number of fused-ring (bicyclic) bond motifs is 3. The Morgan fingerprint density at radius 3 is 2.40 bits per heavy atom. The van der Waals surface area contributed by atoms with Crippen molar-refractivity contribution in [1.82, 2.24) is 14.4 Å². The lowest BCUT2D eigenvalue weighted by Gasteiger charge is -2.37. The summed E-state index contributed by atoms with van der Waals surface area (Å²) in [6.07, 6.45) is 6.06. The molecule has 0 bridgehead atoms. The van der Waals surface area contributed by atoms with E-state index in [1.165, 1.54) is 28.6 Å². The van der Waals surface area contributed by atoms with E-state index in [2.05, 4.69) is 42.5 Å². The van der Waals surface area contributed by atoms with Gasteiger partial charge in [0.05, 0.1) is 13.2 Å². The number of nitrogens with zero attached hydrogens (tertiary/aromatic N) is 3. The number of hydrogen-bond acceptors (Lipinski definition) is 5. The Labute approximate surface area is 209 Å². The van der Waals surface area contributed by atoms with E-state index in [0.29, 0.717) is 32.3 Å². The second-order valence-electron chi connectivity index (χ2n) is 10.4. The number of likely N-dealkylation sites (tertiary alicyclic amines) is 1. The summed E-state index contributed by atoms with van der Waals surface area (Å²) in [5, 5.41) is 1.24. The number of hydrogen-bond donors (Lipinski definition) is 0. The van der Waals surface area contributed by atoms with Crippen molar-refractivity contribution in [2.24, 2.45) is 7.05 Å². The van der Waals surface area contributed by atoms with E-state index in [0.717, 1.165) is 64.0 Å². The zero-order valence-corrected chi connectivity index (χ0v) is 21.7. The quantitative estimate of drug-likeness (QED) is 0.644. The molecule has 0 N–H and O–H groups in total. The van der Waals surface area contributed by atoms with Crippen molar-refractivity contribution in [3.05, 3.63) is 35.0 Å². The third kappa shape index (κ3) is 4.88. The molecule has 7 heteroatoms. The fourth-order valence-electron chi connectivity index (χ4n) is 6.11. The number of carbonyl (C=O) groups excluding carboxylic acids is 1. The van der Waals surface area contributed by atoms with Gasteiger partial charge in [-0.15, -0.1) is 0 Å². The van der Waals surface area contributed by atoms with Crippen molar-refractivity contribution in [3.8, 4) is 0 Å². The zero-order valence-electron chi connectivity index (χ0n) is 21.7. The van der Waals surface area contributed by atoms with Crippen molar-refractivity contribution in [2.45, 2.75) is 70.7 Å². The van der Waals surface area contributed by atoms with Crippen LogP contribution in [0.25, 0.3) is 10.9 Å². The average molecular weight is 484 g/mol. The van der Waals surface area contributed by atoms with Gasteiger partial charge in [0, 0.05) is 93.9 Å². The molecule has 0 radical (unpaired) electrons. The van der Waals surface area contributed by atoms with Gasteiger partial charge in [0.1, 0.15) is 0 Å². The van der Waals surface area contributed by atoms with Crippen molar-refractivity contribution >= 4 is 16.8 Å². The molecule has 2 aromatic rings. The number of rotatable bonds is 2. The van der Waals surface area contributed by atoms with E-state index < -0.39 is 5.79 Å². The number of ether oxygens (including phenoxy) is 3. The predicted molar refractivity (Wildman–Crippen MR) is 137 cm³/mol. The van der Waals surface area contributed by atoms with Gasteiger partial charge in [-0.2, -0.15) is 0 Å². The number of aryl methyl sites for hydroxylation is 1. The first kappa shape index (κ1) is 24.8. The molecule has 7 nitrogen and oxygen atoms in total. The molecule has 4 aliphatic rings. The highest BCUT2D eigenvalue weighted by atomic mass is 16.7. The van der Waals surface area contributed by atoms with Gasteiger partial charge in [-0.1, -0.05) is 20.3 Å². The molecule has 3 saturated heterocycles. The molecule has 1 amide bonds. The first-order valence-electron chi connectivity index (χ1n) is 13.5. The van der Waals surface area contributed by atoms with Gasteiger partial charge in [-0.3, -0.25) is 9.69 Å². The van der Waals surface area contributed by atoms with E-state index in [9.17, 15) is 4.79 Å². The monoisotopic (exact) mass is 483 g/mol. The van der Waals surface area contributed by atoms with Crippen LogP contribution in [0.3, 0.4) is 0 Å². The molecule has 3 fully saturated rings. The number of benzene rings is 1. The highest BCUT2D eigenvalue weighted by molar-refractivity contribution is 5.99. The molecule has 4 aliphatic heterocycles. The fourth-order valence-corrected chi connectivity index (χ4v) is 6.11. The van der Waals surface area contributed by atoms with E-state index in [-0.39, 0.29) is 5.91 Å². The van der Waals surface area contributed by atoms with Gasteiger partial charge in [0.25, 0.3) is 5.91 Å². The maximum Gasteiger partial charge on any atom is 0.253 e. The number of amides is 1. The van der Waals surface area contributed by atoms with Crippen LogP contribution in [-0.2, 0) is 34.2 Å². The Kier molecular flexibility index (Phi) is 7.49. The van der Waals surface area contributed by atoms with Crippen LogP contribution in [0.5, 0.6) is 0 Å². The maximum absolute atomic E-state index is 13.3. The lowest BCUT2D eigenvalue weighted by molar-refractivity contribution is -0.181. The average Bonchev–Trinajstić information content (AvgIpc) is 3.47. The maximum atomic E-state index is 13.3. The molecule has 0 unspecified atom stereocenters. The Bertz CT molecular complexity index is 1030. The predicted octanol–water partition coefficient (Wildman–Crippen LogP) is 4.11. The lowest BCUT2D eigenvalue weighted by atomic mass is 9.98. The van der Waals surface area contributed by atoms with Crippen LogP contribution < -0.4 is 0 Å². The Morgan fingerprint density at radius 2 is 1.71 bits per heavy atom. The Hall–Kier alpha value is -1.93. The lowest BCUT2D eigenvalue weighted by Crippen LogP contribution is -2.47. The van der Waals surface area contributed by atoms with E-state index in [1.54, 1.807) is 0 Å². The number of aromatic nitrogens is 1. The summed E-state index contributed by atoms with van der Waals surface area (Å²) in [5.74, 6) is -0.332. The molecule has 0 atom stereocenters. The minimum Gasteiger partial charge on any atom is -0.381 e. The molecule has 0 aliphatic carbocycles. The van der Waals surface area contributed by atoms with Crippen LogP contribution in [-0.4, -0.2) is 78.2 Å². The normalized spacial score (nSPS) is 22.8. The second-order valence-corrected chi connectivity index (χ2v) is 10.4. The smallest absolute Gasteiger partial charge is 0.253 e. The van der Waals surface area contributed by atoms with Gasteiger partial charge in [-0.25, -0.2) is 0 Å². The summed E-state index contributed by atoms with van der Waals surface area (Å²) >= 11 is 0. The summed E-state index contributed by atoms with van der Waals surface area (Å²) in [6.45, 7) is 10.7. The van der Waals surface area contributed by atoms with Gasteiger partial charge in [-0.05, 0) is 36.6 Å². The first-order valence-corrected chi connectivity index (χ1v) is 13.5. The number of carbonyl (C=O) groups is 1. The Balaban J connectivity index is 0.000000806. The molecule has 1 aromatic heterocycles. The van der Waals surface area contributed by atoms with Crippen LogP contribution in [0.2, 0.25) is 0 Å². The molecule has 35 heavy (non-hydrogen) atoms. The zero-order chi connectivity index (χ0) is 24.4. The molecule has 1 spiro atoms. The minimum absolute atomic E-state index is 0.120.